The summed E-state index contributed by atoms with van der Waals surface area (Å²) in [5, 5.41) is 10.9. The van der Waals surface area contributed by atoms with Gasteiger partial charge in [0, 0.05) is 37.3 Å². The van der Waals surface area contributed by atoms with Crippen LogP contribution in [0.15, 0.2) is 23.8 Å². The smallest absolute Gasteiger partial charge is 0.337 e. The highest BCUT2D eigenvalue weighted by Crippen LogP contribution is 2.23. The first-order valence-electron chi connectivity index (χ1n) is 7.81. The maximum Gasteiger partial charge on any atom is 0.408 e. The summed E-state index contributed by atoms with van der Waals surface area (Å²) in [5.41, 5.74) is 1.57. The molecule has 2 amide bonds. The Kier molecular flexibility index (Phi) is 5.28. The first kappa shape index (κ1) is 17.7. The number of aromatic nitrogens is 2. The Morgan fingerprint density at radius 3 is 3.04 bits per heavy atom. The quantitative estimate of drug-likeness (QED) is 0.847. The minimum atomic E-state index is -4.34. The summed E-state index contributed by atoms with van der Waals surface area (Å²) in [6.07, 6.45) is -0.982. The number of hydrogen-bond acceptors (Lipinski definition) is 4. The van der Waals surface area contributed by atoms with Gasteiger partial charge in [0.25, 0.3) is 0 Å². The molecule has 0 saturated heterocycles. The molecule has 0 atom stereocenters. The molecule has 0 aromatic carbocycles. The molecule has 2 aromatic heterocycles. The van der Waals surface area contributed by atoms with Crippen molar-refractivity contribution in [2.45, 2.75) is 25.7 Å². The van der Waals surface area contributed by atoms with Crippen LogP contribution in [0.1, 0.15) is 10.4 Å². The highest BCUT2D eigenvalue weighted by Gasteiger charge is 2.28. The van der Waals surface area contributed by atoms with Crippen LogP contribution in [-0.4, -0.2) is 46.5 Å². The van der Waals surface area contributed by atoms with Gasteiger partial charge < -0.3 is 10.6 Å². The number of halogens is 3. The first-order chi connectivity index (χ1) is 11.9. The number of carbonyl (C=O) groups excluding carboxylic acids is 1. The fourth-order valence-electron chi connectivity index (χ4n) is 2.70. The van der Waals surface area contributed by atoms with Crippen molar-refractivity contribution in [1.29, 1.82) is 0 Å². The SMILES string of the molecule is O=C(NCCN1CCc2sccc2C1)Nc1cnn(CC(F)(F)F)c1. The van der Waals surface area contributed by atoms with Gasteiger partial charge in [-0.2, -0.15) is 18.3 Å². The van der Waals surface area contributed by atoms with Crippen LogP contribution in [0, 0.1) is 0 Å². The van der Waals surface area contributed by atoms with Crippen molar-refractivity contribution >= 4 is 23.1 Å². The van der Waals surface area contributed by atoms with E-state index in [1.165, 1.54) is 16.6 Å². The Hall–Kier alpha value is -2.07. The standard InChI is InChI=1S/C15H18F3N5OS/c16-15(17,18)10-23-9-12(7-20-23)21-14(24)19-3-5-22-4-1-13-11(8-22)2-6-25-13/h2,6-7,9H,1,3-5,8,10H2,(H2,19,21,24). The fraction of sp³-hybridized carbons (Fsp3) is 0.467. The van der Waals surface area contributed by atoms with Gasteiger partial charge in [0.15, 0.2) is 0 Å². The molecule has 10 heteroatoms. The van der Waals surface area contributed by atoms with Gasteiger partial charge in [-0.3, -0.25) is 9.58 Å². The van der Waals surface area contributed by atoms with Crippen LogP contribution in [0.4, 0.5) is 23.7 Å². The van der Waals surface area contributed by atoms with E-state index in [1.807, 2.05) is 0 Å². The summed E-state index contributed by atoms with van der Waals surface area (Å²) in [5.74, 6) is 0. The molecule has 0 unspecified atom stereocenters. The molecule has 0 spiro atoms. The lowest BCUT2D eigenvalue weighted by Gasteiger charge is -2.26. The Labute approximate surface area is 146 Å². The van der Waals surface area contributed by atoms with Gasteiger partial charge in [0.05, 0.1) is 11.9 Å². The molecule has 0 aliphatic carbocycles. The number of anilines is 1. The van der Waals surface area contributed by atoms with Crippen molar-refractivity contribution in [3.8, 4) is 0 Å². The molecule has 0 bridgehead atoms. The van der Waals surface area contributed by atoms with Crippen LogP contribution in [0.2, 0.25) is 0 Å². The summed E-state index contributed by atoms with van der Waals surface area (Å²) in [6, 6.07) is 1.67. The summed E-state index contributed by atoms with van der Waals surface area (Å²) >= 11 is 1.78. The van der Waals surface area contributed by atoms with Gasteiger partial charge in [-0.15, -0.1) is 11.3 Å². The van der Waals surface area contributed by atoms with E-state index in [0.29, 0.717) is 6.54 Å². The van der Waals surface area contributed by atoms with Crippen LogP contribution in [0.3, 0.4) is 0 Å². The third kappa shape index (κ3) is 5.20. The van der Waals surface area contributed by atoms with E-state index in [-0.39, 0.29) is 5.69 Å². The van der Waals surface area contributed by atoms with Gasteiger partial charge >= 0.3 is 12.2 Å². The Morgan fingerprint density at radius 2 is 2.24 bits per heavy atom. The largest absolute Gasteiger partial charge is 0.408 e. The van der Waals surface area contributed by atoms with Gasteiger partial charge in [0.1, 0.15) is 6.54 Å². The Balaban J connectivity index is 1.39. The molecule has 2 aromatic rings. The molecule has 136 valence electrons. The number of nitrogens with zero attached hydrogens (tertiary/aromatic N) is 3. The van der Waals surface area contributed by atoms with Crippen molar-refractivity contribution in [2.75, 3.05) is 25.0 Å². The molecular weight excluding hydrogens is 355 g/mol. The van der Waals surface area contributed by atoms with E-state index >= 15 is 0 Å². The number of urea groups is 1. The van der Waals surface area contributed by atoms with E-state index in [0.717, 1.165) is 36.9 Å². The van der Waals surface area contributed by atoms with E-state index < -0.39 is 18.8 Å². The average molecular weight is 373 g/mol. The predicted molar refractivity (Wildman–Crippen MR) is 88.6 cm³/mol. The fourth-order valence-corrected chi connectivity index (χ4v) is 3.59. The number of fused-ring (bicyclic) bond motifs is 1. The number of nitrogens with one attached hydrogen (secondary N) is 2. The number of carbonyl (C=O) groups is 1. The van der Waals surface area contributed by atoms with Crippen molar-refractivity contribution < 1.29 is 18.0 Å². The molecule has 0 radical (unpaired) electrons. The molecule has 1 aliphatic rings. The lowest BCUT2D eigenvalue weighted by molar-refractivity contribution is -0.142. The zero-order valence-corrected chi connectivity index (χ0v) is 14.2. The van der Waals surface area contributed by atoms with Crippen LogP contribution >= 0.6 is 11.3 Å². The maximum absolute atomic E-state index is 12.3. The molecule has 2 N–H and O–H groups in total. The summed E-state index contributed by atoms with van der Waals surface area (Å²) in [4.78, 5) is 15.5. The normalized spacial score (nSPS) is 15.0. The summed E-state index contributed by atoms with van der Waals surface area (Å²) in [7, 11) is 0. The molecule has 1 aliphatic heterocycles. The Bertz CT molecular complexity index is 727. The number of rotatable bonds is 5. The van der Waals surface area contributed by atoms with Crippen molar-refractivity contribution in [2.24, 2.45) is 0 Å². The molecule has 3 heterocycles. The third-order valence-corrected chi connectivity index (χ3v) is 4.86. The lowest BCUT2D eigenvalue weighted by atomic mass is 10.1. The lowest BCUT2D eigenvalue weighted by Crippen LogP contribution is -2.38. The first-order valence-corrected chi connectivity index (χ1v) is 8.69. The van der Waals surface area contributed by atoms with Crippen molar-refractivity contribution in [3.05, 3.63) is 34.3 Å². The predicted octanol–water partition coefficient (Wildman–Crippen LogP) is 2.69. The molecule has 0 saturated carbocycles. The van der Waals surface area contributed by atoms with Gasteiger partial charge in [-0.1, -0.05) is 0 Å². The summed E-state index contributed by atoms with van der Waals surface area (Å²) in [6.45, 7) is 1.83. The molecule has 3 rings (SSSR count). The molecular formula is C15H18F3N5OS. The second-order valence-corrected chi connectivity index (χ2v) is 6.82. The average Bonchev–Trinajstić information content (AvgIpc) is 3.14. The molecule has 25 heavy (non-hydrogen) atoms. The number of thiophene rings is 1. The number of amides is 2. The second kappa shape index (κ2) is 7.44. The number of alkyl halides is 3. The van der Waals surface area contributed by atoms with Crippen LogP contribution in [0.5, 0.6) is 0 Å². The minimum Gasteiger partial charge on any atom is -0.337 e. The topological polar surface area (TPSA) is 62.2 Å². The second-order valence-electron chi connectivity index (χ2n) is 5.82. The van der Waals surface area contributed by atoms with Crippen LogP contribution < -0.4 is 10.6 Å². The minimum absolute atomic E-state index is 0.225. The van der Waals surface area contributed by atoms with Crippen molar-refractivity contribution in [3.63, 3.8) is 0 Å². The Morgan fingerprint density at radius 1 is 1.40 bits per heavy atom. The highest BCUT2D eigenvalue weighted by molar-refractivity contribution is 7.10. The van der Waals surface area contributed by atoms with Gasteiger partial charge in [-0.05, 0) is 23.4 Å². The summed E-state index contributed by atoms with van der Waals surface area (Å²) < 4.78 is 37.5. The van der Waals surface area contributed by atoms with Crippen LogP contribution in [-0.2, 0) is 19.5 Å². The molecule has 6 nitrogen and oxygen atoms in total. The van der Waals surface area contributed by atoms with E-state index in [2.05, 4.69) is 32.1 Å². The van der Waals surface area contributed by atoms with Crippen LogP contribution in [0.25, 0.3) is 0 Å². The zero-order chi connectivity index (χ0) is 17.9. The van der Waals surface area contributed by atoms with Gasteiger partial charge in [-0.25, -0.2) is 4.79 Å². The van der Waals surface area contributed by atoms with E-state index in [1.54, 1.807) is 11.3 Å². The highest BCUT2D eigenvalue weighted by atomic mass is 32.1. The maximum atomic E-state index is 12.3. The zero-order valence-electron chi connectivity index (χ0n) is 13.3. The third-order valence-electron chi connectivity index (χ3n) is 3.83. The van der Waals surface area contributed by atoms with E-state index in [4.69, 9.17) is 0 Å². The van der Waals surface area contributed by atoms with E-state index in [9.17, 15) is 18.0 Å². The monoisotopic (exact) mass is 373 g/mol. The number of hydrogen-bond donors (Lipinski definition) is 2. The van der Waals surface area contributed by atoms with Crippen molar-refractivity contribution in [1.82, 2.24) is 20.0 Å². The van der Waals surface area contributed by atoms with Gasteiger partial charge in [0.2, 0.25) is 0 Å². The molecule has 0 fully saturated rings.